The van der Waals surface area contributed by atoms with Gasteiger partial charge in [-0.15, -0.1) is 0 Å². The van der Waals surface area contributed by atoms with E-state index in [1.54, 1.807) is 0 Å². The molecule has 0 aromatic carbocycles. The molecule has 0 atom stereocenters. The number of esters is 1. The Hall–Kier alpha value is -0.791. The third kappa shape index (κ3) is 0.889. The van der Waals surface area contributed by atoms with Gasteiger partial charge in [-0.3, -0.25) is 0 Å². The van der Waals surface area contributed by atoms with Gasteiger partial charge in [0.25, 0.3) is 0 Å². The van der Waals surface area contributed by atoms with Crippen LogP contribution in [-0.4, -0.2) is 20.5 Å². The number of fused-ring (bicyclic) bond motifs is 1. The summed E-state index contributed by atoms with van der Waals surface area (Å²) < 4.78 is 7.26. The van der Waals surface area contributed by atoms with Crippen LogP contribution < -0.4 is 4.74 Å². The molecule has 0 bridgehead atoms. The Morgan fingerprint density at radius 3 is 3.00 bits per heavy atom. The molecule has 0 spiro atoms. The molecule has 0 radical (unpaired) electrons. The van der Waals surface area contributed by atoms with Gasteiger partial charge in [0, 0.05) is 0 Å². The molecule has 2 heterocycles. The molecular formula is C8H6O2Se. The standard InChI is InChI=1S/C8H6O2Se/c1-4-3-6-7(11-4)5(2)8(9)10-6/h3H,2H2,1H3. The predicted octanol–water partition coefficient (Wildman–Crippen LogP) is 0.984. The zero-order valence-corrected chi connectivity index (χ0v) is 7.72. The Labute approximate surface area is 70.2 Å². The van der Waals surface area contributed by atoms with Gasteiger partial charge in [0.1, 0.15) is 0 Å². The van der Waals surface area contributed by atoms with Crippen molar-refractivity contribution in [1.29, 1.82) is 0 Å². The molecule has 0 fully saturated rings. The van der Waals surface area contributed by atoms with Crippen LogP contribution in [0.5, 0.6) is 5.75 Å². The summed E-state index contributed by atoms with van der Waals surface area (Å²) >= 11 is 0.276. The number of aryl methyl sites for hydroxylation is 1. The fourth-order valence-electron chi connectivity index (χ4n) is 1.03. The van der Waals surface area contributed by atoms with E-state index in [1.807, 2.05) is 13.0 Å². The maximum absolute atomic E-state index is 10.9. The van der Waals surface area contributed by atoms with Crippen molar-refractivity contribution >= 4 is 26.0 Å². The topological polar surface area (TPSA) is 26.3 Å². The fraction of sp³-hybridized carbons (Fsp3) is 0.125. The third-order valence-corrected chi connectivity index (χ3v) is 3.83. The minimum atomic E-state index is -0.277. The van der Waals surface area contributed by atoms with E-state index in [0.717, 1.165) is 10.2 Å². The second-order valence-corrected chi connectivity index (χ2v) is 5.05. The van der Waals surface area contributed by atoms with E-state index in [-0.39, 0.29) is 20.5 Å². The molecule has 2 nitrogen and oxygen atoms in total. The molecular weight excluding hydrogens is 207 g/mol. The Morgan fingerprint density at radius 1 is 1.64 bits per heavy atom. The van der Waals surface area contributed by atoms with Crippen LogP contribution in [0.25, 0.3) is 5.57 Å². The van der Waals surface area contributed by atoms with Crippen LogP contribution in [0.15, 0.2) is 12.6 Å². The van der Waals surface area contributed by atoms with Crippen LogP contribution in [0.1, 0.15) is 8.87 Å². The Bertz CT molecular complexity index is 349. The fourth-order valence-corrected chi connectivity index (χ4v) is 2.91. The molecule has 3 heteroatoms. The van der Waals surface area contributed by atoms with Gasteiger partial charge < -0.3 is 0 Å². The number of carbonyl (C=O) groups is 1. The number of ether oxygens (including phenoxy) is 1. The Morgan fingerprint density at radius 2 is 2.36 bits per heavy atom. The molecule has 0 aliphatic carbocycles. The summed E-state index contributed by atoms with van der Waals surface area (Å²) in [4.78, 5) is 10.9. The average Bonchev–Trinajstić information content (AvgIpc) is 2.37. The predicted molar refractivity (Wildman–Crippen MR) is 42.8 cm³/mol. The average molecular weight is 213 g/mol. The number of hydrogen-bond acceptors (Lipinski definition) is 2. The van der Waals surface area contributed by atoms with Crippen molar-refractivity contribution in [1.82, 2.24) is 0 Å². The van der Waals surface area contributed by atoms with Gasteiger partial charge in [-0.25, -0.2) is 0 Å². The van der Waals surface area contributed by atoms with Crippen molar-refractivity contribution in [2.75, 3.05) is 0 Å². The molecule has 56 valence electrons. The van der Waals surface area contributed by atoms with E-state index < -0.39 is 0 Å². The van der Waals surface area contributed by atoms with Crippen molar-refractivity contribution in [2.45, 2.75) is 6.92 Å². The molecule has 11 heavy (non-hydrogen) atoms. The van der Waals surface area contributed by atoms with Crippen molar-refractivity contribution in [3.05, 3.63) is 21.5 Å². The summed E-state index contributed by atoms with van der Waals surface area (Å²) in [7, 11) is 0. The maximum atomic E-state index is 10.9. The van der Waals surface area contributed by atoms with Crippen molar-refractivity contribution in [2.24, 2.45) is 0 Å². The molecule has 0 saturated heterocycles. The minimum absolute atomic E-state index is 0.276. The Kier molecular flexibility index (Phi) is 1.31. The van der Waals surface area contributed by atoms with E-state index in [2.05, 4.69) is 6.58 Å². The van der Waals surface area contributed by atoms with Gasteiger partial charge in [0.05, 0.1) is 0 Å². The van der Waals surface area contributed by atoms with Crippen LogP contribution >= 0.6 is 0 Å². The molecule has 1 aromatic rings. The van der Waals surface area contributed by atoms with E-state index in [1.165, 1.54) is 4.44 Å². The molecule has 1 aromatic heterocycles. The molecule has 0 unspecified atom stereocenters. The van der Waals surface area contributed by atoms with Crippen LogP contribution in [0.3, 0.4) is 0 Å². The van der Waals surface area contributed by atoms with E-state index in [0.29, 0.717) is 5.57 Å². The molecule has 0 N–H and O–H groups in total. The summed E-state index contributed by atoms with van der Waals surface area (Å²) in [5, 5.41) is 0. The number of carbonyl (C=O) groups excluding carboxylic acids is 1. The second-order valence-electron chi connectivity index (χ2n) is 2.42. The third-order valence-electron chi connectivity index (χ3n) is 1.54. The zero-order valence-electron chi connectivity index (χ0n) is 6.01. The van der Waals surface area contributed by atoms with E-state index in [4.69, 9.17) is 4.74 Å². The van der Waals surface area contributed by atoms with Crippen LogP contribution in [0.2, 0.25) is 0 Å². The first kappa shape index (κ1) is 6.89. The summed E-state index contributed by atoms with van der Waals surface area (Å²) in [6.07, 6.45) is 0. The molecule has 2 rings (SSSR count). The van der Waals surface area contributed by atoms with E-state index in [9.17, 15) is 4.79 Å². The normalized spacial score (nSPS) is 15.0. The van der Waals surface area contributed by atoms with Crippen molar-refractivity contribution < 1.29 is 9.53 Å². The number of hydrogen-bond donors (Lipinski definition) is 0. The molecule has 1 aliphatic rings. The molecule has 0 amide bonds. The first-order valence-electron chi connectivity index (χ1n) is 3.20. The van der Waals surface area contributed by atoms with Gasteiger partial charge in [-0.1, -0.05) is 0 Å². The van der Waals surface area contributed by atoms with Gasteiger partial charge >= 0.3 is 69.8 Å². The summed E-state index contributed by atoms with van der Waals surface area (Å²) in [6.45, 7) is 5.70. The van der Waals surface area contributed by atoms with Crippen LogP contribution in [0.4, 0.5) is 0 Å². The van der Waals surface area contributed by atoms with Gasteiger partial charge in [-0.05, 0) is 0 Å². The van der Waals surface area contributed by atoms with Gasteiger partial charge in [0.15, 0.2) is 0 Å². The summed E-state index contributed by atoms with van der Waals surface area (Å²) in [5.41, 5.74) is 0.549. The van der Waals surface area contributed by atoms with Crippen molar-refractivity contribution in [3.8, 4) is 5.75 Å². The molecule has 0 saturated carbocycles. The van der Waals surface area contributed by atoms with Crippen LogP contribution in [-0.2, 0) is 4.79 Å². The SMILES string of the molecule is C=C1C(=O)Oc2cc(C)[se]c21. The van der Waals surface area contributed by atoms with Crippen LogP contribution in [0, 0.1) is 6.92 Å². The molecule has 1 aliphatic heterocycles. The second kappa shape index (κ2) is 2.10. The summed E-state index contributed by atoms with van der Waals surface area (Å²) in [5.74, 6) is 0.457. The van der Waals surface area contributed by atoms with E-state index >= 15 is 0 Å². The zero-order chi connectivity index (χ0) is 8.01. The first-order chi connectivity index (χ1) is 5.18. The van der Waals surface area contributed by atoms with Gasteiger partial charge in [-0.2, -0.15) is 0 Å². The Balaban J connectivity index is 2.60. The summed E-state index contributed by atoms with van der Waals surface area (Å²) in [6, 6.07) is 1.92. The van der Waals surface area contributed by atoms with Crippen molar-refractivity contribution in [3.63, 3.8) is 0 Å². The first-order valence-corrected chi connectivity index (χ1v) is 4.91. The van der Waals surface area contributed by atoms with Gasteiger partial charge in [0.2, 0.25) is 0 Å². The monoisotopic (exact) mass is 214 g/mol. The quantitative estimate of drug-likeness (QED) is 0.365. The number of rotatable bonds is 0.